The second kappa shape index (κ2) is 6.34. The van der Waals surface area contributed by atoms with Crippen molar-refractivity contribution >= 4 is 27.7 Å². The second-order valence-corrected chi connectivity index (χ2v) is 4.68. The molecule has 98 valence electrons. The van der Waals surface area contributed by atoms with Crippen molar-refractivity contribution in [2.45, 2.75) is 6.92 Å². The molecule has 0 bridgehead atoms. The third-order valence-electron chi connectivity index (χ3n) is 2.36. The maximum absolute atomic E-state index is 13.5. The molecule has 0 radical (unpaired) electrons. The lowest BCUT2D eigenvalue weighted by Gasteiger charge is -2.11. The van der Waals surface area contributed by atoms with E-state index in [0.717, 1.165) is 0 Å². The van der Waals surface area contributed by atoms with Crippen LogP contribution in [-0.2, 0) is 0 Å². The molecule has 1 atom stereocenters. The predicted octanol–water partition coefficient (Wildman–Crippen LogP) is 1.70. The van der Waals surface area contributed by atoms with Gasteiger partial charge in [0.1, 0.15) is 11.7 Å². The van der Waals surface area contributed by atoms with Crippen molar-refractivity contribution in [1.82, 2.24) is 5.32 Å². The van der Waals surface area contributed by atoms with Crippen LogP contribution in [0.4, 0.5) is 4.39 Å². The Balaban J connectivity index is 2.66. The van der Waals surface area contributed by atoms with Gasteiger partial charge in [-0.05, 0) is 18.2 Å². The molecule has 1 rings (SSSR count). The number of benzene rings is 1. The van der Waals surface area contributed by atoms with E-state index in [1.807, 2.05) is 0 Å². The van der Waals surface area contributed by atoms with Crippen molar-refractivity contribution in [1.29, 1.82) is 0 Å². The van der Waals surface area contributed by atoms with Crippen LogP contribution in [0.5, 0.6) is 0 Å². The number of nitrogens with one attached hydrogen (secondary N) is 1. The lowest BCUT2D eigenvalue weighted by Crippen LogP contribution is -2.35. The summed E-state index contributed by atoms with van der Waals surface area (Å²) in [5, 5.41) is 13.8. The fourth-order valence-corrected chi connectivity index (χ4v) is 1.55. The molecule has 0 aliphatic carbocycles. The highest BCUT2D eigenvalue weighted by Crippen LogP contribution is 2.15. The van der Waals surface area contributed by atoms with Gasteiger partial charge in [-0.25, -0.2) is 4.39 Å². The quantitative estimate of drug-likeness (QED) is 0.342. The summed E-state index contributed by atoms with van der Waals surface area (Å²) < 4.78 is 14.0. The molecular weight excluding hydrogens is 305 g/mol. The van der Waals surface area contributed by atoms with Crippen LogP contribution in [0.25, 0.3) is 0 Å². The third kappa shape index (κ3) is 3.69. The molecule has 0 fully saturated rings. The number of amidine groups is 1. The summed E-state index contributed by atoms with van der Waals surface area (Å²) in [5.41, 5.74) is 5.31. The first-order valence-electron chi connectivity index (χ1n) is 5.16. The van der Waals surface area contributed by atoms with Gasteiger partial charge in [-0.3, -0.25) is 4.79 Å². The van der Waals surface area contributed by atoms with Gasteiger partial charge in [0.15, 0.2) is 0 Å². The SMILES string of the molecule is CC(CNC(=O)c1ccc(Br)cc1F)C(N)=NO. The summed E-state index contributed by atoms with van der Waals surface area (Å²) in [4.78, 5) is 11.7. The molecule has 0 heterocycles. The molecule has 1 aromatic carbocycles. The highest BCUT2D eigenvalue weighted by atomic mass is 79.9. The molecule has 0 saturated carbocycles. The standard InChI is InChI=1S/C11H13BrFN3O2/c1-6(10(14)16-18)5-15-11(17)8-3-2-7(12)4-9(8)13/h2-4,6,18H,5H2,1H3,(H2,14,16)(H,15,17). The molecule has 4 N–H and O–H groups in total. The number of carbonyl (C=O) groups is 1. The molecule has 1 unspecified atom stereocenters. The predicted molar refractivity (Wildman–Crippen MR) is 69.0 cm³/mol. The van der Waals surface area contributed by atoms with E-state index in [2.05, 4.69) is 26.4 Å². The summed E-state index contributed by atoms with van der Waals surface area (Å²) in [6.07, 6.45) is 0. The summed E-state index contributed by atoms with van der Waals surface area (Å²) >= 11 is 3.10. The molecule has 0 spiro atoms. The number of hydrogen-bond acceptors (Lipinski definition) is 3. The number of hydrogen-bond donors (Lipinski definition) is 3. The van der Waals surface area contributed by atoms with Gasteiger partial charge in [0.2, 0.25) is 0 Å². The van der Waals surface area contributed by atoms with E-state index in [4.69, 9.17) is 10.9 Å². The Bertz CT molecular complexity index is 479. The number of rotatable bonds is 4. The summed E-state index contributed by atoms with van der Waals surface area (Å²) in [7, 11) is 0. The molecule has 1 amide bonds. The van der Waals surface area contributed by atoms with Crippen molar-refractivity contribution in [3.63, 3.8) is 0 Å². The molecule has 0 aliphatic heterocycles. The zero-order valence-corrected chi connectivity index (χ0v) is 11.2. The second-order valence-electron chi connectivity index (χ2n) is 3.76. The minimum Gasteiger partial charge on any atom is -0.409 e. The molecule has 0 aromatic heterocycles. The van der Waals surface area contributed by atoms with E-state index < -0.39 is 11.7 Å². The van der Waals surface area contributed by atoms with Gasteiger partial charge in [-0.15, -0.1) is 0 Å². The normalized spacial score (nSPS) is 13.2. The highest BCUT2D eigenvalue weighted by molar-refractivity contribution is 9.10. The molecule has 0 saturated heterocycles. The Morgan fingerprint density at radius 2 is 2.33 bits per heavy atom. The fraction of sp³-hybridized carbons (Fsp3) is 0.273. The summed E-state index contributed by atoms with van der Waals surface area (Å²) in [5.74, 6) is -1.49. The van der Waals surface area contributed by atoms with Gasteiger partial charge in [-0.1, -0.05) is 28.0 Å². The Labute approximate surface area is 112 Å². The Morgan fingerprint density at radius 3 is 2.89 bits per heavy atom. The zero-order chi connectivity index (χ0) is 13.7. The molecule has 5 nitrogen and oxygen atoms in total. The molecular formula is C11H13BrFN3O2. The summed E-state index contributed by atoms with van der Waals surface area (Å²) in [6, 6.07) is 4.16. The van der Waals surface area contributed by atoms with Crippen LogP contribution in [0.15, 0.2) is 27.8 Å². The molecule has 7 heteroatoms. The van der Waals surface area contributed by atoms with Gasteiger partial charge < -0.3 is 16.3 Å². The van der Waals surface area contributed by atoms with Crippen LogP contribution in [-0.4, -0.2) is 23.5 Å². The van der Waals surface area contributed by atoms with Crippen molar-refractivity contribution in [2.75, 3.05) is 6.54 Å². The van der Waals surface area contributed by atoms with Crippen molar-refractivity contribution < 1.29 is 14.4 Å². The zero-order valence-electron chi connectivity index (χ0n) is 9.65. The number of nitrogens with two attached hydrogens (primary N) is 1. The number of nitrogens with zero attached hydrogens (tertiary/aromatic N) is 1. The third-order valence-corrected chi connectivity index (χ3v) is 2.86. The van der Waals surface area contributed by atoms with E-state index in [9.17, 15) is 9.18 Å². The van der Waals surface area contributed by atoms with Gasteiger partial charge >= 0.3 is 0 Å². The van der Waals surface area contributed by atoms with Crippen LogP contribution in [0.1, 0.15) is 17.3 Å². The maximum Gasteiger partial charge on any atom is 0.254 e. The first-order valence-corrected chi connectivity index (χ1v) is 5.95. The van der Waals surface area contributed by atoms with E-state index in [0.29, 0.717) is 4.47 Å². The first-order chi connectivity index (χ1) is 8.45. The minimum atomic E-state index is -0.613. The Morgan fingerprint density at radius 1 is 1.67 bits per heavy atom. The number of carbonyl (C=O) groups excluding carboxylic acids is 1. The van der Waals surface area contributed by atoms with Crippen LogP contribution >= 0.6 is 15.9 Å². The van der Waals surface area contributed by atoms with Crippen LogP contribution in [0, 0.1) is 11.7 Å². The lowest BCUT2D eigenvalue weighted by atomic mass is 10.1. The van der Waals surface area contributed by atoms with Crippen LogP contribution in [0.3, 0.4) is 0 Å². The highest BCUT2D eigenvalue weighted by Gasteiger charge is 2.14. The Hall–Kier alpha value is -1.63. The first kappa shape index (κ1) is 14.4. The van der Waals surface area contributed by atoms with E-state index >= 15 is 0 Å². The van der Waals surface area contributed by atoms with Crippen molar-refractivity contribution in [3.8, 4) is 0 Å². The average molecular weight is 318 g/mol. The van der Waals surface area contributed by atoms with Gasteiger partial charge in [0, 0.05) is 16.9 Å². The fourth-order valence-electron chi connectivity index (χ4n) is 1.22. The largest absolute Gasteiger partial charge is 0.409 e. The summed E-state index contributed by atoms with van der Waals surface area (Å²) in [6.45, 7) is 1.83. The molecule has 1 aromatic rings. The van der Waals surface area contributed by atoms with Gasteiger partial charge in [0.25, 0.3) is 5.91 Å². The molecule has 0 aliphatic rings. The van der Waals surface area contributed by atoms with Crippen LogP contribution in [0.2, 0.25) is 0 Å². The van der Waals surface area contributed by atoms with E-state index in [1.165, 1.54) is 12.1 Å². The monoisotopic (exact) mass is 317 g/mol. The van der Waals surface area contributed by atoms with Gasteiger partial charge in [0.05, 0.1) is 5.56 Å². The lowest BCUT2D eigenvalue weighted by molar-refractivity contribution is 0.0947. The number of amides is 1. The number of halogens is 2. The van der Waals surface area contributed by atoms with Crippen LogP contribution < -0.4 is 11.1 Å². The number of oxime groups is 1. The van der Waals surface area contributed by atoms with E-state index in [1.54, 1.807) is 13.0 Å². The minimum absolute atomic E-state index is 0.00609. The topological polar surface area (TPSA) is 87.7 Å². The van der Waals surface area contributed by atoms with Gasteiger partial charge in [-0.2, -0.15) is 0 Å². The average Bonchev–Trinajstić information content (AvgIpc) is 2.34. The van der Waals surface area contributed by atoms with Crippen molar-refractivity contribution in [3.05, 3.63) is 34.1 Å². The molecule has 18 heavy (non-hydrogen) atoms. The van der Waals surface area contributed by atoms with E-state index in [-0.39, 0.29) is 23.9 Å². The maximum atomic E-state index is 13.5. The van der Waals surface area contributed by atoms with Crippen molar-refractivity contribution in [2.24, 2.45) is 16.8 Å². The Kier molecular flexibility index (Phi) is 5.08. The smallest absolute Gasteiger partial charge is 0.254 e.